The van der Waals surface area contributed by atoms with E-state index >= 15 is 0 Å². The van der Waals surface area contributed by atoms with Crippen molar-refractivity contribution in [3.8, 4) is 0 Å². The minimum atomic E-state index is -0.643. The second-order valence-corrected chi connectivity index (χ2v) is 6.13. The molecule has 0 spiro atoms. The number of oxime groups is 1. The Bertz CT molecular complexity index is 848. The van der Waals surface area contributed by atoms with Gasteiger partial charge in [-0.3, -0.25) is 4.79 Å². The smallest absolute Gasteiger partial charge is 0.339 e. The van der Waals surface area contributed by atoms with Crippen molar-refractivity contribution in [2.24, 2.45) is 16.8 Å². The van der Waals surface area contributed by atoms with Crippen LogP contribution in [0.25, 0.3) is 11.0 Å². The Morgan fingerprint density at radius 1 is 1.46 bits per heavy atom. The molecule has 3 N–H and O–H groups in total. The number of fused-ring (bicyclic) bond motifs is 1. The van der Waals surface area contributed by atoms with E-state index in [2.05, 4.69) is 15.1 Å². The standard InChI is InChI=1S/C16H17FN4O3/c1-7(2)15-19-11-4-3-10(17)12(13(11)20-15)14(18)21-24-16(23)8-5-9(22)6-8/h3-4,7-8H,5-6H2,1-2H3,(H2,18,21)(H,19,20). The number of rotatable bonds is 4. The van der Waals surface area contributed by atoms with Crippen LogP contribution in [0.3, 0.4) is 0 Å². The maximum Gasteiger partial charge on any atom is 0.339 e. The third-order valence-corrected chi connectivity index (χ3v) is 3.94. The van der Waals surface area contributed by atoms with Gasteiger partial charge in [0.2, 0.25) is 0 Å². The van der Waals surface area contributed by atoms with Crippen LogP contribution < -0.4 is 5.73 Å². The zero-order valence-electron chi connectivity index (χ0n) is 13.3. The number of Topliss-reactive ketones (excluding diaryl/α,β-unsaturated/α-hetero) is 1. The molecule has 7 nitrogen and oxygen atoms in total. The molecule has 0 bridgehead atoms. The number of benzene rings is 1. The van der Waals surface area contributed by atoms with E-state index in [4.69, 9.17) is 10.6 Å². The largest absolute Gasteiger partial charge is 0.380 e. The van der Waals surface area contributed by atoms with Crippen LogP contribution in [0.15, 0.2) is 17.3 Å². The fraction of sp³-hybridized carbons (Fsp3) is 0.375. The Hall–Kier alpha value is -2.77. The Balaban J connectivity index is 1.89. The van der Waals surface area contributed by atoms with Crippen LogP contribution in [0.4, 0.5) is 4.39 Å². The van der Waals surface area contributed by atoms with E-state index in [9.17, 15) is 14.0 Å². The van der Waals surface area contributed by atoms with E-state index in [-0.39, 0.29) is 35.9 Å². The summed E-state index contributed by atoms with van der Waals surface area (Å²) < 4.78 is 14.2. The molecule has 126 valence electrons. The third kappa shape index (κ3) is 2.86. The van der Waals surface area contributed by atoms with Crippen molar-refractivity contribution in [3.05, 3.63) is 29.3 Å². The van der Waals surface area contributed by atoms with Crippen LogP contribution in [-0.4, -0.2) is 27.6 Å². The van der Waals surface area contributed by atoms with Crippen molar-refractivity contribution in [2.45, 2.75) is 32.6 Å². The van der Waals surface area contributed by atoms with Gasteiger partial charge in [-0.25, -0.2) is 14.2 Å². The van der Waals surface area contributed by atoms with Crippen LogP contribution in [0.2, 0.25) is 0 Å². The first kappa shape index (κ1) is 16.1. The van der Waals surface area contributed by atoms with Gasteiger partial charge in [-0.2, -0.15) is 0 Å². The highest BCUT2D eigenvalue weighted by Crippen LogP contribution is 2.25. The predicted octanol–water partition coefficient (Wildman–Crippen LogP) is 1.97. The first-order valence-corrected chi connectivity index (χ1v) is 7.61. The van der Waals surface area contributed by atoms with Gasteiger partial charge in [-0.05, 0) is 12.1 Å². The van der Waals surface area contributed by atoms with Gasteiger partial charge in [0.1, 0.15) is 22.9 Å². The second-order valence-electron chi connectivity index (χ2n) is 6.13. The maximum absolute atomic E-state index is 14.2. The van der Waals surface area contributed by atoms with Gasteiger partial charge < -0.3 is 15.6 Å². The number of carbonyl (C=O) groups excluding carboxylic acids is 2. The monoisotopic (exact) mass is 332 g/mol. The Kier molecular flexibility index (Phi) is 4.04. The average Bonchev–Trinajstić information content (AvgIpc) is 2.93. The molecule has 1 heterocycles. The van der Waals surface area contributed by atoms with Crippen LogP contribution in [0.5, 0.6) is 0 Å². The Labute approximate surface area is 137 Å². The van der Waals surface area contributed by atoms with Gasteiger partial charge in [0.15, 0.2) is 5.84 Å². The molecule has 0 radical (unpaired) electrons. The van der Waals surface area contributed by atoms with E-state index in [1.165, 1.54) is 6.07 Å². The minimum absolute atomic E-state index is 0.00227. The summed E-state index contributed by atoms with van der Waals surface area (Å²) in [7, 11) is 0. The molecular weight excluding hydrogens is 315 g/mol. The number of amidine groups is 1. The number of ketones is 1. The molecule has 0 aliphatic heterocycles. The summed E-state index contributed by atoms with van der Waals surface area (Å²) in [5.74, 6) is -1.21. The number of nitrogens with one attached hydrogen (secondary N) is 1. The first-order valence-electron chi connectivity index (χ1n) is 7.61. The molecule has 1 saturated carbocycles. The molecule has 0 amide bonds. The number of nitrogens with zero attached hydrogens (tertiary/aromatic N) is 2. The summed E-state index contributed by atoms with van der Waals surface area (Å²) in [6.45, 7) is 3.90. The van der Waals surface area contributed by atoms with Crippen molar-refractivity contribution in [3.63, 3.8) is 0 Å². The molecular formula is C16H17FN4O3. The number of hydrogen-bond acceptors (Lipinski definition) is 5. The second kappa shape index (κ2) is 6.03. The van der Waals surface area contributed by atoms with Gasteiger partial charge >= 0.3 is 5.97 Å². The number of carbonyl (C=O) groups is 2. The van der Waals surface area contributed by atoms with Crippen LogP contribution in [-0.2, 0) is 14.4 Å². The summed E-state index contributed by atoms with van der Waals surface area (Å²) in [5, 5.41) is 3.53. The number of H-pyrrole nitrogens is 1. The highest BCUT2D eigenvalue weighted by molar-refractivity contribution is 6.07. The number of aromatic amines is 1. The topological polar surface area (TPSA) is 110 Å². The van der Waals surface area contributed by atoms with E-state index in [0.29, 0.717) is 16.9 Å². The predicted molar refractivity (Wildman–Crippen MR) is 84.7 cm³/mol. The number of imidazole rings is 1. The summed E-state index contributed by atoms with van der Waals surface area (Å²) >= 11 is 0. The van der Waals surface area contributed by atoms with Crippen molar-refractivity contribution in [1.82, 2.24) is 9.97 Å². The summed E-state index contributed by atoms with van der Waals surface area (Å²) in [5.41, 5.74) is 6.72. The van der Waals surface area contributed by atoms with Gasteiger partial charge in [0.25, 0.3) is 0 Å². The number of nitrogens with two attached hydrogens (primary N) is 1. The van der Waals surface area contributed by atoms with E-state index < -0.39 is 17.7 Å². The minimum Gasteiger partial charge on any atom is -0.380 e. The molecule has 3 rings (SSSR count). The van der Waals surface area contributed by atoms with E-state index in [1.807, 2.05) is 13.8 Å². The molecule has 8 heteroatoms. The summed E-state index contributed by atoms with van der Waals surface area (Å²) in [6, 6.07) is 2.81. The molecule has 0 atom stereocenters. The van der Waals surface area contributed by atoms with Crippen molar-refractivity contribution in [2.75, 3.05) is 0 Å². The highest BCUT2D eigenvalue weighted by Gasteiger charge is 2.34. The van der Waals surface area contributed by atoms with Gasteiger partial charge in [-0.1, -0.05) is 19.0 Å². The molecule has 1 aromatic heterocycles. The Morgan fingerprint density at radius 3 is 2.79 bits per heavy atom. The third-order valence-electron chi connectivity index (χ3n) is 3.94. The Morgan fingerprint density at radius 2 is 2.17 bits per heavy atom. The van der Waals surface area contributed by atoms with Crippen LogP contribution in [0, 0.1) is 11.7 Å². The molecule has 2 aromatic rings. The lowest BCUT2D eigenvalue weighted by Crippen LogP contribution is -2.31. The van der Waals surface area contributed by atoms with E-state index in [0.717, 1.165) is 0 Å². The van der Waals surface area contributed by atoms with Crippen molar-refractivity contribution in [1.29, 1.82) is 0 Å². The van der Waals surface area contributed by atoms with E-state index in [1.54, 1.807) is 6.07 Å². The average molecular weight is 332 g/mol. The maximum atomic E-state index is 14.2. The van der Waals surface area contributed by atoms with Gasteiger partial charge in [0, 0.05) is 18.8 Å². The highest BCUT2D eigenvalue weighted by atomic mass is 19.1. The van der Waals surface area contributed by atoms with Crippen molar-refractivity contribution < 1.29 is 18.8 Å². The zero-order valence-corrected chi connectivity index (χ0v) is 13.3. The van der Waals surface area contributed by atoms with Gasteiger partial charge in [-0.15, -0.1) is 0 Å². The quantitative estimate of drug-likeness (QED) is 0.385. The summed E-state index contributed by atoms with van der Waals surface area (Å²) in [4.78, 5) is 34.8. The fourth-order valence-corrected chi connectivity index (χ4v) is 2.46. The SMILES string of the molecule is CC(C)c1nc2c(C(N)=NOC(=O)C3CC(=O)C3)c(F)ccc2[nH]1. The molecule has 1 aliphatic rings. The summed E-state index contributed by atoms with van der Waals surface area (Å²) in [6.07, 6.45) is 0.296. The molecule has 1 aliphatic carbocycles. The first-order chi connectivity index (χ1) is 11.4. The number of aromatic nitrogens is 2. The lowest BCUT2D eigenvalue weighted by Gasteiger charge is -2.19. The molecule has 1 aromatic carbocycles. The van der Waals surface area contributed by atoms with Gasteiger partial charge in [0.05, 0.1) is 17.0 Å². The van der Waals surface area contributed by atoms with Crippen LogP contribution in [0.1, 0.15) is 44.0 Å². The molecule has 0 saturated heterocycles. The molecule has 1 fully saturated rings. The normalized spacial score (nSPS) is 15.8. The number of halogens is 1. The molecule has 24 heavy (non-hydrogen) atoms. The molecule has 0 unspecified atom stereocenters. The zero-order chi connectivity index (χ0) is 17.4. The van der Waals surface area contributed by atoms with Crippen molar-refractivity contribution >= 4 is 28.6 Å². The fourth-order valence-electron chi connectivity index (χ4n) is 2.46. The lowest BCUT2D eigenvalue weighted by molar-refractivity contribution is -0.155. The number of hydrogen-bond donors (Lipinski definition) is 2. The van der Waals surface area contributed by atoms with Crippen LogP contribution >= 0.6 is 0 Å². The lowest BCUT2D eigenvalue weighted by atomic mass is 9.84.